The molecule has 2 aromatic carbocycles. The van der Waals surface area contributed by atoms with Gasteiger partial charge in [0.1, 0.15) is 23.0 Å². The summed E-state index contributed by atoms with van der Waals surface area (Å²) in [6.45, 7) is 2.07. The molecule has 0 fully saturated rings. The molecule has 0 saturated carbocycles. The molecule has 0 bridgehead atoms. The minimum Gasteiger partial charge on any atom is -0.507 e. The molecule has 0 atom stereocenters. The molecule has 0 spiro atoms. The fourth-order valence-corrected chi connectivity index (χ4v) is 3.20. The van der Waals surface area contributed by atoms with Gasteiger partial charge in [-0.05, 0) is 30.7 Å². The van der Waals surface area contributed by atoms with Crippen molar-refractivity contribution < 1.29 is 19.7 Å². The SMILES string of the molecule is CCCSc1nc(-c2ccc(OC)cc2O)nc(-c2ccc(OC)cc2O)n1. The van der Waals surface area contributed by atoms with Crippen molar-refractivity contribution in [2.45, 2.75) is 18.5 Å². The lowest BCUT2D eigenvalue weighted by Crippen LogP contribution is -2.00. The monoisotopic (exact) mass is 399 g/mol. The van der Waals surface area contributed by atoms with Gasteiger partial charge in [-0.25, -0.2) is 15.0 Å². The molecule has 1 heterocycles. The van der Waals surface area contributed by atoms with Gasteiger partial charge < -0.3 is 19.7 Å². The molecule has 0 saturated heterocycles. The van der Waals surface area contributed by atoms with Crippen LogP contribution in [0.1, 0.15) is 13.3 Å². The number of rotatable bonds is 7. The molecule has 8 heteroatoms. The maximum atomic E-state index is 10.4. The topological polar surface area (TPSA) is 97.6 Å². The summed E-state index contributed by atoms with van der Waals surface area (Å²) >= 11 is 1.49. The molecule has 0 unspecified atom stereocenters. The van der Waals surface area contributed by atoms with Gasteiger partial charge in [0, 0.05) is 17.9 Å². The molecule has 2 N–H and O–H groups in total. The first-order chi connectivity index (χ1) is 13.5. The molecule has 0 radical (unpaired) electrons. The highest BCUT2D eigenvalue weighted by Crippen LogP contribution is 2.35. The summed E-state index contributed by atoms with van der Waals surface area (Å²) in [6.07, 6.45) is 0.961. The highest BCUT2D eigenvalue weighted by Gasteiger charge is 2.16. The third-order valence-corrected chi connectivity index (χ3v) is 4.99. The number of thioether (sulfide) groups is 1. The van der Waals surface area contributed by atoms with Crippen LogP contribution in [-0.2, 0) is 0 Å². The second-order valence-corrected chi connectivity index (χ2v) is 6.94. The Balaban J connectivity index is 2.12. The second kappa shape index (κ2) is 8.79. The summed E-state index contributed by atoms with van der Waals surface area (Å²) in [5.41, 5.74) is 0.909. The lowest BCUT2D eigenvalue weighted by Gasteiger charge is -2.11. The molecule has 3 rings (SSSR count). The summed E-state index contributed by atoms with van der Waals surface area (Å²) in [4.78, 5) is 13.4. The number of methoxy groups -OCH3 is 2. The van der Waals surface area contributed by atoms with E-state index in [1.54, 1.807) is 24.3 Å². The van der Waals surface area contributed by atoms with Crippen molar-refractivity contribution in [2.24, 2.45) is 0 Å². The minimum absolute atomic E-state index is 0.00175. The van der Waals surface area contributed by atoms with E-state index in [0.717, 1.165) is 12.2 Å². The van der Waals surface area contributed by atoms with Crippen LogP contribution in [0.4, 0.5) is 0 Å². The molecule has 146 valence electrons. The van der Waals surface area contributed by atoms with Gasteiger partial charge in [0.2, 0.25) is 0 Å². The average Bonchev–Trinajstić information content (AvgIpc) is 2.71. The van der Waals surface area contributed by atoms with Crippen molar-refractivity contribution in [3.63, 3.8) is 0 Å². The van der Waals surface area contributed by atoms with Gasteiger partial charge in [0.05, 0.1) is 25.3 Å². The first-order valence-corrected chi connectivity index (χ1v) is 9.68. The van der Waals surface area contributed by atoms with Crippen molar-refractivity contribution in [3.05, 3.63) is 36.4 Å². The number of phenols is 2. The number of benzene rings is 2. The Morgan fingerprint density at radius 1 is 0.821 bits per heavy atom. The van der Waals surface area contributed by atoms with Gasteiger partial charge in [-0.15, -0.1) is 0 Å². The van der Waals surface area contributed by atoms with Crippen LogP contribution in [0.25, 0.3) is 22.8 Å². The van der Waals surface area contributed by atoms with E-state index in [4.69, 9.17) is 9.47 Å². The Morgan fingerprint density at radius 2 is 1.32 bits per heavy atom. The van der Waals surface area contributed by atoms with Gasteiger partial charge in [-0.2, -0.15) is 0 Å². The van der Waals surface area contributed by atoms with Crippen LogP contribution in [0, 0.1) is 0 Å². The molecular weight excluding hydrogens is 378 g/mol. The van der Waals surface area contributed by atoms with Gasteiger partial charge in [-0.3, -0.25) is 0 Å². The predicted molar refractivity (Wildman–Crippen MR) is 108 cm³/mol. The zero-order valence-corrected chi connectivity index (χ0v) is 16.7. The zero-order chi connectivity index (χ0) is 20.1. The van der Waals surface area contributed by atoms with Crippen LogP contribution in [0.15, 0.2) is 41.6 Å². The Kier molecular flexibility index (Phi) is 6.20. The van der Waals surface area contributed by atoms with Crippen LogP contribution in [-0.4, -0.2) is 45.1 Å². The van der Waals surface area contributed by atoms with E-state index in [1.165, 1.54) is 38.1 Å². The summed E-state index contributed by atoms with van der Waals surface area (Å²) in [6, 6.07) is 9.83. The first-order valence-electron chi connectivity index (χ1n) is 8.69. The van der Waals surface area contributed by atoms with E-state index in [9.17, 15) is 10.2 Å². The summed E-state index contributed by atoms with van der Waals surface area (Å²) < 4.78 is 10.3. The van der Waals surface area contributed by atoms with Gasteiger partial charge >= 0.3 is 0 Å². The maximum absolute atomic E-state index is 10.4. The molecule has 0 amide bonds. The zero-order valence-electron chi connectivity index (χ0n) is 15.8. The van der Waals surface area contributed by atoms with Gasteiger partial charge in [-0.1, -0.05) is 18.7 Å². The maximum Gasteiger partial charge on any atom is 0.191 e. The largest absolute Gasteiger partial charge is 0.507 e. The molecule has 0 aliphatic heterocycles. The second-order valence-electron chi connectivity index (χ2n) is 5.88. The van der Waals surface area contributed by atoms with Gasteiger partial charge in [0.15, 0.2) is 16.8 Å². The Labute approximate surface area is 167 Å². The normalized spacial score (nSPS) is 10.7. The highest BCUT2D eigenvalue weighted by molar-refractivity contribution is 7.99. The smallest absolute Gasteiger partial charge is 0.191 e. The average molecular weight is 399 g/mol. The van der Waals surface area contributed by atoms with E-state index >= 15 is 0 Å². The quantitative estimate of drug-likeness (QED) is 0.572. The predicted octanol–water partition coefficient (Wildman–Crippen LogP) is 4.14. The summed E-state index contributed by atoms with van der Waals surface area (Å²) in [5.74, 6) is 2.54. The molecule has 7 nitrogen and oxygen atoms in total. The number of nitrogens with zero attached hydrogens (tertiary/aromatic N) is 3. The van der Waals surface area contributed by atoms with E-state index in [-0.39, 0.29) is 11.5 Å². The minimum atomic E-state index is 0.00175. The number of aromatic hydroxyl groups is 2. The van der Waals surface area contributed by atoms with Crippen LogP contribution in [0.5, 0.6) is 23.0 Å². The highest BCUT2D eigenvalue weighted by atomic mass is 32.2. The number of ether oxygens (including phenoxy) is 2. The van der Waals surface area contributed by atoms with Crippen LogP contribution >= 0.6 is 11.8 Å². The lowest BCUT2D eigenvalue weighted by molar-refractivity contribution is 0.408. The first kappa shape index (κ1) is 19.8. The van der Waals surface area contributed by atoms with Crippen LogP contribution < -0.4 is 9.47 Å². The fourth-order valence-electron chi connectivity index (χ4n) is 2.51. The molecule has 3 aromatic rings. The Bertz CT molecular complexity index is 910. The fraction of sp³-hybridized carbons (Fsp3) is 0.250. The summed E-state index contributed by atoms with van der Waals surface area (Å²) in [7, 11) is 3.06. The van der Waals surface area contributed by atoms with Crippen molar-refractivity contribution in [2.75, 3.05) is 20.0 Å². The van der Waals surface area contributed by atoms with Crippen molar-refractivity contribution >= 4 is 11.8 Å². The van der Waals surface area contributed by atoms with E-state index in [2.05, 4.69) is 21.9 Å². The number of hydrogen-bond acceptors (Lipinski definition) is 8. The molecule has 28 heavy (non-hydrogen) atoms. The number of phenolic OH excluding ortho intramolecular Hbond substituents is 2. The molecular formula is C20H21N3O4S. The van der Waals surface area contributed by atoms with Crippen LogP contribution in [0.2, 0.25) is 0 Å². The third kappa shape index (κ3) is 4.28. The number of aromatic nitrogens is 3. The molecule has 1 aromatic heterocycles. The van der Waals surface area contributed by atoms with Crippen molar-refractivity contribution in [1.29, 1.82) is 0 Å². The number of hydrogen-bond donors (Lipinski definition) is 2. The molecule has 0 aliphatic carbocycles. The summed E-state index contributed by atoms with van der Waals surface area (Å²) in [5, 5.41) is 21.3. The Hall–Kier alpha value is -3.00. The van der Waals surface area contributed by atoms with E-state index in [1.807, 2.05) is 0 Å². The van der Waals surface area contributed by atoms with E-state index in [0.29, 0.717) is 39.4 Å². The van der Waals surface area contributed by atoms with Gasteiger partial charge in [0.25, 0.3) is 0 Å². The third-order valence-electron chi connectivity index (χ3n) is 3.94. The van der Waals surface area contributed by atoms with Crippen LogP contribution in [0.3, 0.4) is 0 Å². The lowest BCUT2D eigenvalue weighted by atomic mass is 10.1. The van der Waals surface area contributed by atoms with E-state index < -0.39 is 0 Å². The molecule has 0 aliphatic rings. The van der Waals surface area contributed by atoms with Crippen molar-refractivity contribution in [1.82, 2.24) is 15.0 Å². The standard InChI is InChI=1S/C20H21N3O4S/c1-4-9-28-20-22-18(14-7-5-12(26-2)10-16(14)24)21-19(23-20)15-8-6-13(27-3)11-17(15)25/h5-8,10-11,24-25H,4,9H2,1-3H3. The Morgan fingerprint density at radius 3 is 1.71 bits per heavy atom. The van der Waals surface area contributed by atoms with Crippen molar-refractivity contribution in [3.8, 4) is 45.8 Å².